The zero-order chi connectivity index (χ0) is 29.0. The molecule has 1 aliphatic heterocycles. The molecule has 4 aromatic rings. The van der Waals surface area contributed by atoms with Crippen molar-refractivity contribution < 1.29 is 36.9 Å². The fraction of sp³-hybridized carbons (Fsp3) is 0.267. The molecule has 2 heterocycles. The molecule has 5 rings (SSSR count). The lowest BCUT2D eigenvalue weighted by molar-refractivity contribution is -0.137. The minimum atomic E-state index is -4.59. The summed E-state index contributed by atoms with van der Waals surface area (Å²) in [6.45, 7) is 1.27. The van der Waals surface area contributed by atoms with Gasteiger partial charge < -0.3 is 18.9 Å². The quantitative estimate of drug-likeness (QED) is 0.128. The van der Waals surface area contributed by atoms with E-state index in [-0.39, 0.29) is 24.2 Å². The molecule has 0 aliphatic carbocycles. The van der Waals surface area contributed by atoms with Gasteiger partial charge >= 0.3 is 6.18 Å². The van der Waals surface area contributed by atoms with E-state index in [1.165, 1.54) is 6.07 Å². The van der Waals surface area contributed by atoms with Gasteiger partial charge in [0.05, 0.1) is 28.1 Å². The van der Waals surface area contributed by atoms with Gasteiger partial charge in [-0.2, -0.15) is 13.2 Å². The van der Waals surface area contributed by atoms with Gasteiger partial charge in [-0.15, -0.1) is 0 Å². The van der Waals surface area contributed by atoms with Gasteiger partial charge in [-0.3, -0.25) is 9.78 Å². The summed E-state index contributed by atoms with van der Waals surface area (Å²) >= 11 is 9.08. The maximum Gasteiger partial charge on any atom is 0.417 e. The number of Topliss-reactive ketones (excluding diaryl/α,β-unsaturated/α-hetero) is 1. The lowest BCUT2D eigenvalue weighted by Gasteiger charge is -2.23. The number of nitrogens with zero attached hydrogens (tertiary/aromatic N) is 1. The van der Waals surface area contributed by atoms with Crippen molar-refractivity contribution in [1.82, 2.24) is 4.98 Å². The topological polar surface area (TPSA) is 66.9 Å². The lowest BCUT2D eigenvalue weighted by Crippen LogP contribution is -2.17. The van der Waals surface area contributed by atoms with Crippen LogP contribution in [0.3, 0.4) is 0 Å². The number of pyridine rings is 1. The van der Waals surface area contributed by atoms with E-state index < -0.39 is 16.8 Å². The molecule has 0 fully saturated rings. The van der Waals surface area contributed by atoms with Gasteiger partial charge in [0.1, 0.15) is 30.5 Å². The highest BCUT2D eigenvalue weighted by atomic mass is 79.9. The summed E-state index contributed by atoms with van der Waals surface area (Å²) in [5.74, 6) is 2.37. The van der Waals surface area contributed by atoms with Crippen LogP contribution in [0.15, 0.2) is 60.8 Å². The van der Waals surface area contributed by atoms with Crippen LogP contribution in [0.25, 0.3) is 10.9 Å². The molecule has 0 spiro atoms. The molecule has 0 atom stereocenters. The smallest absolute Gasteiger partial charge is 0.417 e. The normalized spacial score (nSPS) is 12.8. The molecule has 0 bridgehead atoms. The highest BCUT2D eigenvalue weighted by molar-refractivity contribution is 9.09. The molecule has 0 radical (unpaired) electrons. The molecule has 0 saturated heterocycles. The average molecular weight is 651 g/mol. The molecule has 6 nitrogen and oxygen atoms in total. The fourth-order valence-electron chi connectivity index (χ4n) is 4.42. The summed E-state index contributed by atoms with van der Waals surface area (Å²) in [6.07, 6.45) is -2.22. The van der Waals surface area contributed by atoms with Crippen molar-refractivity contribution >= 4 is 44.2 Å². The first-order valence-corrected chi connectivity index (χ1v) is 14.3. The predicted molar refractivity (Wildman–Crippen MR) is 152 cm³/mol. The van der Waals surface area contributed by atoms with Crippen LogP contribution in [0.4, 0.5) is 13.2 Å². The van der Waals surface area contributed by atoms with Crippen molar-refractivity contribution in [2.45, 2.75) is 25.4 Å². The van der Waals surface area contributed by atoms with E-state index >= 15 is 0 Å². The summed E-state index contributed by atoms with van der Waals surface area (Å²) in [6, 6.07) is 14.0. The first kappa shape index (κ1) is 29.0. The van der Waals surface area contributed by atoms with Crippen LogP contribution in [0.1, 0.15) is 23.1 Å². The van der Waals surface area contributed by atoms with Gasteiger partial charge in [-0.25, -0.2) is 0 Å². The van der Waals surface area contributed by atoms with Crippen molar-refractivity contribution in [1.29, 1.82) is 0 Å². The Bertz CT molecular complexity index is 1560. The van der Waals surface area contributed by atoms with Gasteiger partial charge in [0, 0.05) is 30.4 Å². The SMILES string of the molecule is O=C(Cc1ccc(Oc2ccnc3cc(OCCCBr)c4c(c23)OCCO4)cc1)Cc1ccc(Cl)c(C(F)(F)F)c1. The molecule has 1 aliphatic rings. The molecule has 214 valence electrons. The molecular formula is C30H24BrClF3NO5. The summed E-state index contributed by atoms with van der Waals surface area (Å²) < 4.78 is 63.4. The molecule has 1 aromatic heterocycles. The van der Waals surface area contributed by atoms with Crippen molar-refractivity contribution in [3.05, 3.63) is 82.5 Å². The summed E-state index contributed by atoms with van der Waals surface area (Å²) in [5, 5.41) is 1.06. The second-order valence-electron chi connectivity index (χ2n) is 9.27. The number of ether oxygens (including phenoxy) is 4. The van der Waals surface area contributed by atoms with Gasteiger partial charge in [0.15, 0.2) is 11.5 Å². The first-order valence-electron chi connectivity index (χ1n) is 12.8. The van der Waals surface area contributed by atoms with Crippen LogP contribution < -0.4 is 18.9 Å². The van der Waals surface area contributed by atoms with E-state index in [0.29, 0.717) is 65.0 Å². The van der Waals surface area contributed by atoms with E-state index in [0.717, 1.165) is 23.9 Å². The second-order valence-corrected chi connectivity index (χ2v) is 10.5. The Hall–Kier alpha value is -3.50. The molecule has 11 heteroatoms. The molecule has 41 heavy (non-hydrogen) atoms. The number of halogens is 5. The van der Waals surface area contributed by atoms with Crippen LogP contribution in [0, 0.1) is 0 Å². The van der Waals surface area contributed by atoms with Crippen LogP contribution in [-0.2, 0) is 23.8 Å². The Morgan fingerprint density at radius 2 is 1.66 bits per heavy atom. The Morgan fingerprint density at radius 1 is 0.951 bits per heavy atom. The van der Waals surface area contributed by atoms with Crippen LogP contribution in [0.5, 0.6) is 28.7 Å². The number of carbonyl (C=O) groups excluding carboxylic acids is 1. The monoisotopic (exact) mass is 649 g/mol. The number of rotatable bonds is 10. The van der Waals surface area contributed by atoms with E-state index in [1.54, 1.807) is 42.6 Å². The number of hydrogen-bond acceptors (Lipinski definition) is 6. The number of aromatic nitrogens is 1. The maximum absolute atomic E-state index is 13.1. The summed E-state index contributed by atoms with van der Waals surface area (Å²) in [7, 11) is 0. The van der Waals surface area contributed by atoms with Crippen molar-refractivity contribution in [2.75, 3.05) is 25.2 Å². The van der Waals surface area contributed by atoms with Crippen molar-refractivity contribution in [3.8, 4) is 28.7 Å². The number of hydrogen-bond donors (Lipinski definition) is 0. The second kappa shape index (κ2) is 12.6. The van der Waals surface area contributed by atoms with Crippen molar-refractivity contribution in [2.24, 2.45) is 0 Å². The number of benzene rings is 3. The Morgan fingerprint density at radius 3 is 2.39 bits per heavy atom. The molecule has 0 amide bonds. The highest BCUT2D eigenvalue weighted by Gasteiger charge is 2.33. The number of alkyl halides is 4. The first-order chi connectivity index (χ1) is 19.7. The zero-order valence-electron chi connectivity index (χ0n) is 21.6. The lowest BCUT2D eigenvalue weighted by atomic mass is 10.0. The van der Waals surface area contributed by atoms with Crippen molar-refractivity contribution in [3.63, 3.8) is 0 Å². The molecule has 0 unspecified atom stereocenters. The minimum Gasteiger partial charge on any atom is -0.489 e. The summed E-state index contributed by atoms with van der Waals surface area (Å²) in [4.78, 5) is 17.1. The average Bonchev–Trinajstić information content (AvgIpc) is 2.94. The molecule has 3 aromatic carbocycles. The van der Waals surface area contributed by atoms with Gasteiger partial charge in [-0.05, 0) is 47.9 Å². The highest BCUT2D eigenvalue weighted by Crippen LogP contribution is 2.48. The van der Waals surface area contributed by atoms with Crippen LogP contribution >= 0.6 is 27.5 Å². The molecular weight excluding hydrogens is 627 g/mol. The number of fused-ring (bicyclic) bond motifs is 3. The van der Waals surface area contributed by atoms with Gasteiger partial charge in [-0.1, -0.05) is 45.7 Å². The minimum absolute atomic E-state index is 0.0546. The van der Waals surface area contributed by atoms with Gasteiger partial charge in [0.25, 0.3) is 0 Å². The maximum atomic E-state index is 13.1. The van der Waals surface area contributed by atoms with Gasteiger partial charge in [0.2, 0.25) is 5.75 Å². The van der Waals surface area contributed by atoms with E-state index in [1.807, 2.05) is 0 Å². The van der Waals surface area contributed by atoms with Crippen LogP contribution in [0.2, 0.25) is 5.02 Å². The number of carbonyl (C=O) groups is 1. The largest absolute Gasteiger partial charge is 0.489 e. The standard InChI is InChI=1S/C30H24BrClF3NO5/c31-9-1-11-38-26-17-24-27(29-28(26)39-12-13-40-29)25(8-10-36-24)41-21-5-2-18(3-6-21)14-20(37)15-19-4-7-23(32)22(16-19)30(33,34)35/h2-8,10,16-17H,1,9,11-15H2. The Kier molecular flexibility index (Phi) is 8.89. The Balaban J connectivity index is 1.31. The number of ketones is 1. The molecule has 0 saturated carbocycles. The zero-order valence-corrected chi connectivity index (χ0v) is 23.9. The van der Waals surface area contributed by atoms with E-state index in [2.05, 4.69) is 20.9 Å². The Labute approximate surface area is 247 Å². The van der Waals surface area contributed by atoms with E-state index in [4.69, 9.17) is 30.5 Å². The predicted octanol–water partition coefficient (Wildman–Crippen LogP) is 7.99. The third-order valence-corrected chi connectivity index (χ3v) is 7.16. The van der Waals surface area contributed by atoms with E-state index in [9.17, 15) is 18.0 Å². The fourth-order valence-corrected chi connectivity index (χ4v) is 4.88. The molecule has 0 N–H and O–H groups in total. The van der Waals surface area contributed by atoms with Crippen LogP contribution in [-0.4, -0.2) is 35.9 Å². The third-order valence-electron chi connectivity index (χ3n) is 6.27. The third kappa shape index (κ3) is 6.87. The summed E-state index contributed by atoms with van der Waals surface area (Å²) in [5.41, 5.74) is 0.624.